The quantitative estimate of drug-likeness (QED) is 0.388. The number of ether oxygens (including phenoxy) is 1. The van der Waals surface area contributed by atoms with Crippen LogP contribution < -0.4 is 0 Å². The third-order valence-corrected chi connectivity index (χ3v) is 6.02. The third-order valence-electron chi connectivity index (χ3n) is 6.02. The maximum atomic E-state index is 10.7. The number of hydrogen-bond acceptors (Lipinski definition) is 5. The Labute approximate surface area is 167 Å². The van der Waals surface area contributed by atoms with Gasteiger partial charge in [-0.25, -0.2) is 0 Å². The van der Waals surface area contributed by atoms with Gasteiger partial charge >= 0.3 is 5.97 Å². The Morgan fingerprint density at radius 1 is 1.39 bits per heavy atom. The van der Waals surface area contributed by atoms with Crippen molar-refractivity contribution in [3.63, 3.8) is 0 Å². The molecule has 1 aliphatic heterocycles. The van der Waals surface area contributed by atoms with Crippen molar-refractivity contribution < 1.29 is 24.9 Å². The highest BCUT2D eigenvalue weighted by Crippen LogP contribution is 2.46. The van der Waals surface area contributed by atoms with E-state index in [1.807, 2.05) is 13.0 Å². The van der Waals surface area contributed by atoms with Crippen LogP contribution in [0.1, 0.15) is 65.2 Å². The first-order valence-electron chi connectivity index (χ1n) is 10.4. The van der Waals surface area contributed by atoms with E-state index in [0.29, 0.717) is 37.0 Å². The third kappa shape index (κ3) is 5.83. The first kappa shape index (κ1) is 22.4. The van der Waals surface area contributed by atoms with Gasteiger partial charge in [0.15, 0.2) is 0 Å². The van der Waals surface area contributed by atoms with Crippen molar-refractivity contribution in [2.45, 2.75) is 83.5 Å². The molecule has 1 saturated heterocycles. The minimum Gasteiger partial charge on any atom is -0.493 e. The van der Waals surface area contributed by atoms with Gasteiger partial charge in [-0.05, 0) is 25.2 Å². The van der Waals surface area contributed by atoms with Crippen LogP contribution in [0.5, 0.6) is 0 Å². The average molecular weight is 392 g/mol. The number of unbranched alkanes of at least 4 members (excludes halogenated alkanes) is 1. The zero-order chi connectivity index (χ0) is 20.7. The van der Waals surface area contributed by atoms with Crippen LogP contribution in [0, 0.1) is 29.1 Å². The second-order valence-corrected chi connectivity index (χ2v) is 8.16. The van der Waals surface area contributed by atoms with Crippen molar-refractivity contribution in [3.8, 4) is 6.07 Å². The van der Waals surface area contributed by atoms with Crippen LogP contribution in [0.4, 0.5) is 0 Å². The number of aliphatic hydroxyl groups excluding tert-OH is 2. The Morgan fingerprint density at radius 2 is 2.14 bits per heavy atom. The predicted molar refractivity (Wildman–Crippen MR) is 105 cm³/mol. The predicted octanol–water partition coefficient (Wildman–Crippen LogP) is 3.55. The Bertz CT molecular complexity index is 635. The van der Waals surface area contributed by atoms with E-state index in [4.69, 9.17) is 9.84 Å². The van der Waals surface area contributed by atoms with E-state index >= 15 is 0 Å². The van der Waals surface area contributed by atoms with Gasteiger partial charge in [0.2, 0.25) is 0 Å². The summed E-state index contributed by atoms with van der Waals surface area (Å²) in [5.41, 5.74) is 0.515. The van der Waals surface area contributed by atoms with E-state index in [9.17, 15) is 20.3 Å². The van der Waals surface area contributed by atoms with Gasteiger partial charge < -0.3 is 20.1 Å². The van der Waals surface area contributed by atoms with E-state index in [1.54, 1.807) is 6.08 Å². The maximum Gasteiger partial charge on any atom is 0.303 e. The number of carboxylic acid groups (broad SMARTS) is 1. The monoisotopic (exact) mass is 391 g/mol. The molecule has 0 bridgehead atoms. The minimum absolute atomic E-state index is 0.0312. The molecular weight excluding hydrogens is 358 g/mol. The van der Waals surface area contributed by atoms with Crippen LogP contribution in [0.15, 0.2) is 23.5 Å². The van der Waals surface area contributed by atoms with Gasteiger partial charge in [0.25, 0.3) is 0 Å². The average Bonchev–Trinajstić information content (AvgIpc) is 3.18. The lowest BCUT2D eigenvalue weighted by atomic mass is 9.89. The normalized spacial score (nSPS) is 30.5. The number of carbonyl (C=O) groups is 1. The largest absolute Gasteiger partial charge is 0.493 e. The SMILES string of the molecule is CCCCC(C)[C@H](O)/C=C/[C@H]1C(O)C[C@@H]2OC(=C(C#N)CCCC(=O)O)C[C@@H]21. The molecule has 1 saturated carbocycles. The fourth-order valence-corrected chi connectivity index (χ4v) is 4.22. The lowest BCUT2D eigenvalue weighted by Crippen LogP contribution is -2.20. The molecule has 3 N–H and O–H groups in total. The summed E-state index contributed by atoms with van der Waals surface area (Å²) in [6.07, 6.45) is 7.65. The molecule has 0 amide bonds. The Kier molecular flexibility index (Phi) is 8.53. The molecule has 0 spiro atoms. The standard InChI is InChI=1S/C22H33NO5/c1-3-4-6-14(2)18(24)10-9-16-17-11-20(28-21(17)12-19(16)25)15(13-23)7-5-8-22(26)27/h9-10,14,16-19,21,24-25H,3-8,11-12H2,1-2H3,(H,26,27)/b10-9+,20-15?/t14?,16-,17-,18-,19?,21+/m1/s1. The number of allylic oxidation sites excluding steroid dienone is 2. The number of carboxylic acids is 1. The lowest BCUT2D eigenvalue weighted by molar-refractivity contribution is -0.137. The van der Waals surface area contributed by atoms with Crippen molar-refractivity contribution >= 4 is 5.97 Å². The van der Waals surface area contributed by atoms with Gasteiger partial charge in [0.05, 0.1) is 23.9 Å². The first-order valence-corrected chi connectivity index (χ1v) is 10.4. The van der Waals surface area contributed by atoms with Crippen LogP contribution in [0.3, 0.4) is 0 Å². The van der Waals surface area contributed by atoms with Gasteiger partial charge in [-0.15, -0.1) is 0 Å². The van der Waals surface area contributed by atoms with Gasteiger partial charge in [-0.1, -0.05) is 38.8 Å². The molecule has 2 fully saturated rings. The minimum atomic E-state index is -0.869. The van der Waals surface area contributed by atoms with Crippen molar-refractivity contribution in [1.29, 1.82) is 5.26 Å². The molecule has 6 heteroatoms. The molecule has 156 valence electrons. The Hall–Kier alpha value is -1.84. The maximum absolute atomic E-state index is 10.7. The lowest BCUT2D eigenvalue weighted by Gasteiger charge is -2.18. The molecule has 2 aliphatic rings. The van der Waals surface area contributed by atoms with Crippen LogP contribution in [0.25, 0.3) is 0 Å². The van der Waals surface area contributed by atoms with Gasteiger partial charge in [-0.2, -0.15) is 5.26 Å². The topological polar surface area (TPSA) is 111 Å². The second kappa shape index (κ2) is 10.6. The Balaban J connectivity index is 2.00. The number of nitrogens with zero attached hydrogens (tertiary/aromatic N) is 1. The highest BCUT2D eigenvalue weighted by molar-refractivity contribution is 5.66. The van der Waals surface area contributed by atoms with Gasteiger partial charge in [0, 0.05) is 31.1 Å². The van der Waals surface area contributed by atoms with Crippen molar-refractivity contribution in [2.75, 3.05) is 0 Å². The van der Waals surface area contributed by atoms with E-state index in [-0.39, 0.29) is 30.3 Å². The molecular formula is C22H33NO5. The molecule has 1 aliphatic carbocycles. The fraction of sp³-hybridized carbons (Fsp3) is 0.727. The fourth-order valence-electron chi connectivity index (χ4n) is 4.22. The molecule has 6 nitrogen and oxygen atoms in total. The summed E-state index contributed by atoms with van der Waals surface area (Å²) in [6, 6.07) is 2.16. The summed E-state index contributed by atoms with van der Waals surface area (Å²) in [5.74, 6) is -0.0615. The molecule has 1 heterocycles. The van der Waals surface area contributed by atoms with Crippen molar-refractivity contribution in [1.82, 2.24) is 0 Å². The molecule has 0 aromatic carbocycles. The molecule has 0 radical (unpaired) electrons. The number of aliphatic hydroxyl groups is 2. The summed E-state index contributed by atoms with van der Waals surface area (Å²) in [4.78, 5) is 10.7. The Morgan fingerprint density at radius 3 is 2.79 bits per heavy atom. The van der Waals surface area contributed by atoms with Crippen molar-refractivity contribution in [2.24, 2.45) is 17.8 Å². The zero-order valence-electron chi connectivity index (χ0n) is 16.9. The van der Waals surface area contributed by atoms with E-state index in [2.05, 4.69) is 13.0 Å². The van der Waals surface area contributed by atoms with E-state index in [0.717, 1.165) is 19.3 Å². The highest BCUT2D eigenvalue weighted by atomic mass is 16.5. The smallest absolute Gasteiger partial charge is 0.303 e. The van der Waals surface area contributed by atoms with E-state index < -0.39 is 18.2 Å². The summed E-state index contributed by atoms with van der Waals surface area (Å²) in [6.45, 7) is 4.17. The van der Waals surface area contributed by atoms with Crippen LogP contribution >= 0.6 is 0 Å². The summed E-state index contributed by atoms with van der Waals surface area (Å²) in [5, 5.41) is 38.9. The van der Waals surface area contributed by atoms with Crippen LogP contribution in [-0.4, -0.2) is 39.6 Å². The summed E-state index contributed by atoms with van der Waals surface area (Å²) >= 11 is 0. The number of fused-ring (bicyclic) bond motifs is 1. The van der Waals surface area contributed by atoms with Gasteiger partial charge in [0.1, 0.15) is 11.9 Å². The van der Waals surface area contributed by atoms with Gasteiger partial charge in [-0.3, -0.25) is 4.79 Å². The molecule has 0 aromatic rings. The zero-order valence-corrected chi connectivity index (χ0v) is 16.9. The number of aliphatic carboxylic acids is 1. The van der Waals surface area contributed by atoms with E-state index in [1.165, 1.54) is 0 Å². The summed E-state index contributed by atoms with van der Waals surface area (Å²) in [7, 11) is 0. The highest BCUT2D eigenvalue weighted by Gasteiger charge is 2.47. The van der Waals surface area contributed by atoms with Crippen LogP contribution in [0.2, 0.25) is 0 Å². The molecule has 0 aromatic heterocycles. The summed E-state index contributed by atoms with van der Waals surface area (Å²) < 4.78 is 5.96. The number of rotatable bonds is 10. The molecule has 2 unspecified atom stereocenters. The number of hydrogen-bond donors (Lipinski definition) is 3. The molecule has 6 atom stereocenters. The first-order chi connectivity index (χ1) is 13.4. The van der Waals surface area contributed by atoms with Crippen LogP contribution in [-0.2, 0) is 9.53 Å². The molecule has 28 heavy (non-hydrogen) atoms. The van der Waals surface area contributed by atoms with Crippen molar-refractivity contribution in [3.05, 3.63) is 23.5 Å². The molecule has 2 rings (SSSR count). The number of nitriles is 1. The second-order valence-electron chi connectivity index (χ2n) is 8.16.